The van der Waals surface area contributed by atoms with Crippen LogP contribution in [0.2, 0.25) is 0 Å². The van der Waals surface area contributed by atoms with E-state index in [-0.39, 0.29) is 12.0 Å². The second-order valence-corrected chi connectivity index (χ2v) is 3.21. The van der Waals surface area contributed by atoms with Gasteiger partial charge in [-0.05, 0) is 18.8 Å². The third-order valence-electron chi connectivity index (χ3n) is 2.55. The zero-order chi connectivity index (χ0) is 8.27. The molecule has 0 aromatic carbocycles. The van der Waals surface area contributed by atoms with Gasteiger partial charge in [0.1, 0.15) is 0 Å². The van der Waals surface area contributed by atoms with Crippen molar-refractivity contribution in [3.63, 3.8) is 0 Å². The fraction of sp³-hybridized carbons (Fsp3) is 0.600. The summed E-state index contributed by atoms with van der Waals surface area (Å²) < 4.78 is 0. The fourth-order valence-corrected chi connectivity index (χ4v) is 1.84. The number of aliphatic hydroxyl groups excluding tert-OH is 1. The molecule has 1 fully saturated rings. The summed E-state index contributed by atoms with van der Waals surface area (Å²) in [5.41, 5.74) is 0. The van der Waals surface area contributed by atoms with E-state index in [1.54, 1.807) is 0 Å². The average Bonchev–Trinajstić information content (AvgIpc) is 2.04. The summed E-state index contributed by atoms with van der Waals surface area (Å²) in [5.74, 6) is 0.678. The van der Waals surface area contributed by atoms with Crippen molar-refractivity contribution in [1.82, 2.24) is 0 Å². The lowest BCUT2D eigenvalue weighted by atomic mass is 9.77. The van der Waals surface area contributed by atoms with E-state index >= 15 is 0 Å². The van der Waals surface area contributed by atoms with Crippen molar-refractivity contribution in [2.45, 2.75) is 25.4 Å². The van der Waals surface area contributed by atoms with E-state index in [9.17, 15) is 5.11 Å². The van der Waals surface area contributed by atoms with E-state index in [2.05, 4.69) is 13.2 Å². The highest BCUT2D eigenvalue weighted by molar-refractivity contribution is 4.98. The van der Waals surface area contributed by atoms with Gasteiger partial charge in [0.05, 0.1) is 6.10 Å². The standard InChI is InChI=1S/C10H16O/c1-3-8-6-5-7-10(11)9(8)4-2/h3-4,8-11H,1-2,5-7H2. The van der Waals surface area contributed by atoms with E-state index in [0.717, 1.165) is 19.3 Å². The fourth-order valence-electron chi connectivity index (χ4n) is 1.84. The minimum absolute atomic E-state index is 0.191. The van der Waals surface area contributed by atoms with Crippen LogP contribution in [0.5, 0.6) is 0 Å². The summed E-state index contributed by atoms with van der Waals surface area (Å²) in [5, 5.41) is 9.55. The third-order valence-corrected chi connectivity index (χ3v) is 2.55. The normalized spacial score (nSPS) is 38.1. The van der Waals surface area contributed by atoms with Crippen LogP contribution in [0.3, 0.4) is 0 Å². The molecule has 1 aliphatic carbocycles. The Hall–Kier alpha value is -0.560. The summed E-state index contributed by atoms with van der Waals surface area (Å²) in [6, 6.07) is 0. The number of hydrogen-bond donors (Lipinski definition) is 1. The van der Waals surface area contributed by atoms with Crippen LogP contribution in [0.1, 0.15) is 19.3 Å². The Morgan fingerprint density at radius 2 is 1.91 bits per heavy atom. The summed E-state index contributed by atoms with van der Waals surface area (Å²) in [6.07, 6.45) is 6.79. The van der Waals surface area contributed by atoms with E-state index in [0.29, 0.717) is 5.92 Å². The zero-order valence-electron chi connectivity index (χ0n) is 6.87. The first kappa shape index (κ1) is 8.54. The largest absolute Gasteiger partial charge is 0.392 e. The van der Waals surface area contributed by atoms with Gasteiger partial charge in [-0.25, -0.2) is 0 Å². The van der Waals surface area contributed by atoms with Gasteiger partial charge in [0, 0.05) is 5.92 Å². The van der Waals surface area contributed by atoms with Gasteiger partial charge in [-0.3, -0.25) is 0 Å². The Kier molecular flexibility index (Phi) is 2.89. The summed E-state index contributed by atoms with van der Waals surface area (Å²) in [4.78, 5) is 0. The molecule has 0 saturated heterocycles. The van der Waals surface area contributed by atoms with Crippen molar-refractivity contribution >= 4 is 0 Å². The molecule has 0 aromatic rings. The highest BCUT2D eigenvalue weighted by atomic mass is 16.3. The molecule has 3 atom stereocenters. The Morgan fingerprint density at radius 1 is 1.18 bits per heavy atom. The minimum atomic E-state index is -0.191. The van der Waals surface area contributed by atoms with Crippen molar-refractivity contribution in [2.75, 3.05) is 0 Å². The van der Waals surface area contributed by atoms with Crippen LogP contribution < -0.4 is 0 Å². The maximum absolute atomic E-state index is 9.55. The van der Waals surface area contributed by atoms with Gasteiger partial charge in [-0.2, -0.15) is 0 Å². The van der Waals surface area contributed by atoms with Crippen LogP contribution in [0, 0.1) is 11.8 Å². The molecular weight excluding hydrogens is 136 g/mol. The molecule has 1 heteroatoms. The smallest absolute Gasteiger partial charge is 0.0608 e. The first-order valence-corrected chi connectivity index (χ1v) is 4.22. The summed E-state index contributed by atoms with van der Waals surface area (Å²) in [6.45, 7) is 7.48. The topological polar surface area (TPSA) is 20.2 Å². The predicted octanol–water partition coefficient (Wildman–Crippen LogP) is 2.14. The zero-order valence-corrected chi connectivity index (χ0v) is 6.87. The molecular formula is C10H16O. The van der Waals surface area contributed by atoms with Crippen molar-refractivity contribution in [1.29, 1.82) is 0 Å². The maximum atomic E-state index is 9.55. The van der Waals surface area contributed by atoms with Crippen molar-refractivity contribution in [3.05, 3.63) is 25.3 Å². The monoisotopic (exact) mass is 152 g/mol. The van der Waals surface area contributed by atoms with Gasteiger partial charge in [-0.15, -0.1) is 13.2 Å². The van der Waals surface area contributed by atoms with Crippen molar-refractivity contribution in [2.24, 2.45) is 11.8 Å². The number of rotatable bonds is 2. The Balaban J connectivity index is 2.62. The molecule has 0 heterocycles. The van der Waals surface area contributed by atoms with E-state index in [1.165, 1.54) is 0 Å². The van der Waals surface area contributed by atoms with Gasteiger partial charge in [0.2, 0.25) is 0 Å². The molecule has 1 aliphatic rings. The molecule has 11 heavy (non-hydrogen) atoms. The quantitative estimate of drug-likeness (QED) is 0.601. The molecule has 62 valence electrons. The van der Waals surface area contributed by atoms with Crippen LogP contribution in [-0.4, -0.2) is 11.2 Å². The minimum Gasteiger partial charge on any atom is -0.392 e. The summed E-state index contributed by atoms with van der Waals surface area (Å²) in [7, 11) is 0. The van der Waals surface area contributed by atoms with Gasteiger partial charge in [-0.1, -0.05) is 18.6 Å². The number of hydrogen-bond acceptors (Lipinski definition) is 1. The molecule has 0 radical (unpaired) electrons. The lowest BCUT2D eigenvalue weighted by Gasteiger charge is -2.31. The Morgan fingerprint density at radius 3 is 2.36 bits per heavy atom. The lowest BCUT2D eigenvalue weighted by molar-refractivity contribution is 0.0719. The van der Waals surface area contributed by atoms with E-state index < -0.39 is 0 Å². The highest BCUT2D eigenvalue weighted by Crippen LogP contribution is 2.31. The van der Waals surface area contributed by atoms with Crippen molar-refractivity contribution < 1.29 is 5.11 Å². The third kappa shape index (κ3) is 1.72. The molecule has 0 aliphatic heterocycles. The van der Waals surface area contributed by atoms with Crippen molar-refractivity contribution in [3.8, 4) is 0 Å². The first-order valence-electron chi connectivity index (χ1n) is 4.22. The first-order chi connectivity index (χ1) is 5.29. The molecule has 1 N–H and O–H groups in total. The molecule has 0 spiro atoms. The predicted molar refractivity (Wildman–Crippen MR) is 47.2 cm³/mol. The Bertz CT molecular complexity index is 151. The van der Waals surface area contributed by atoms with Crippen LogP contribution >= 0.6 is 0 Å². The molecule has 0 aromatic heterocycles. The molecule has 0 amide bonds. The number of aliphatic hydroxyl groups is 1. The van der Waals surface area contributed by atoms with Gasteiger partial charge in [0.15, 0.2) is 0 Å². The summed E-state index contributed by atoms with van der Waals surface area (Å²) >= 11 is 0. The number of allylic oxidation sites excluding steroid dienone is 1. The molecule has 1 saturated carbocycles. The van der Waals surface area contributed by atoms with E-state index in [1.807, 2.05) is 12.2 Å². The van der Waals surface area contributed by atoms with Crippen LogP contribution in [-0.2, 0) is 0 Å². The van der Waals surface area contributed by atoms with Crippen LogP contribution in [0.4, 0.5) is 0 Å². The van der Waals surface area contributed by atoms with Gasteiger partial charge in [0.25, 0.3) is 0 Å². The second-order valence-electron chi connectivity index (χ2n) is 3.21. The molecule has 3 unspecified atom stereocenters. The van der Waals surface area contributed by atoms with Gasteiger partial charge >= 0.3 is 0 Å². The highest BCUT2D eigenvalue weighted by Gasteiger charge is 2.27. The lowest BCUT2D eigenvalue weighted by Crippen LogP contribution is -2.29. The van der Waals surface area contributed by atoms with Crippen LogP contribution in [0.15, 0.2) is 25.3 Å². The Labute approximate surface area is 68.4 Å². The second kappa shape index (κ2) is 3.72. The molecule has 1 rings (SSSR count). The van der Waals surface area contributed by atoms with Gasteiger partial charge < -0.3 is 5.11 Å². The average molecular weight is 152 g/mol. The SMILES string of the molecule is C=CC1CCCC(O)C1C=C. The maximum Gasteiger partial charge on any atom is 0.0608 e. The van der Waals surface area contributed by atoms with Crippen LogP contribution in [0.25, 0.3) is 0 Å². The molecule has 0 bridgehead atoms. The van der Waals surface area contributed by atoms with E-state index in [4.69, 9.17) is 0 Å². The molecule has 1 nitrogen and oxygen atoms in total.